The lowest BCUT2D eigenvalue weighted by Crippen LogP contribution is -2.36. The number of aromatic nitrogens is 2. The van der Waals surface area contributed by atoms with Crippen LogP contribution in [0, 0.1) is 0 Å². The number of phenolic OH excluding ortho intramolecular Hbond substituents is 1. The molecule has 1 fully saturated rings. The molecule has 0 aliphatic carbocycles. The van der Waals surface area contributed by atoms with Crippen LogP contribution < -0.4 is 15.2 Å². The van der Waals surface area contributed by atoms with Crippen LogP contribution in [0.25, 0.3) is 0 Å². The van der Waals surface area contributed by atoms with Gasteiger partial charge in [0.2, 0.25) is 5.95 Å². The number of aromatic hydroxyl groups is 1. The minimum Gasteiger partial charge on any atom is -0.504 e. The number of anilines is 1. The number of nitrogens with one attached hydrogen (secondary N) is 1. The third kappa shape index (κ3) is 3.78. The number of phenols is 1. The first-order chi connectivity index (χ1) is 13.1. The maximum Gasteiger partial charge on any atom is 0.255 e. The van der Waals surface area contributed by atoms with Crippen molar-refractivity contribution in [2.45, 2.75) is 39.3 Å². The van der Waals surface area contributed by atoms with Gasteiger partial charge in [-0.1, -0.05) is 6.07 Å². The summed E-state index contributed by atoms with van der Waals surface area (Å²) in [4.78, 5) is 24.7. The normalized spacial score (nSPS) is 17.1. The molecule has 3 heterocycles. The fraction of sp³-hybridized carbons (Fsp3) is 0.500. The maximum atomic E-state index is 12.5. The summed E-state index contributed by atoms with van der Waals surface area (Å²) in [6.07, 6.45) is 3.00. The molecule has 4 rings (SSSR count). The van der Waals surface area contributed by atoms with Crippen LogP contribution in [-0.4, -0.2) is 46.2 Å². The molecule has 1 saturated heterocycles. The fourth-order valence-corrected chi connectivity index (χ4v) is 3.88. The number of rotatable bonds is 5. The number of benzene rings is 1. The number of hydrogen-bond donors (Lipinski definition) is 2. The Morgan fingerprint density at radius 2 is 2.07 bits per heavy atom. The molecule has 2 aliphatic rings. The summed E-state index contributed by atoms with van der Waals surface area (Å²) >= 11 is 0. The van der Waals surface area contributed by atoms with Crippen LogP contribution >= 0.6 is 0 Å². The zero-order valence-corrected chi connectivity index (χ0v) is 15.7. The molecule has 0 amide bonds. The molecule has 0 saturated carbocycles. The van der Waals surface area contributed by atoms with E-state index in [1.165, 1.54) is 0 Å². The van der Waals surface area contributed by atoms with E-state index >= 15 is 0 Å². The summed E-state index contributed by atoms with van der Waals surface area (Å²) in [5.41, 5.74) is 2.78. The highest BCUT2D eigenvalue weighted by molar-refractivity contribution is 5.42. The molecule has 27 heavy (non-hydrogen) atoms. The minimum atomic E-state index is 0.00446. The molecule has 1 aromatic carbocycles. The van der Waals surface area contributed by atoms with Crippen molar-refractivity contribution in [1.29, 1.82) is 0 Å². The predicted molar refractivity (Wildman–Crippen MR) is 103 cm³/mol. The number of ether oxygens (including phenoxy) is 1. The van der Waals surface area contributed by atoms with Gasteiger partial charge in [-0.15, -0.1) is 0 Å². The van der Waals surface area contributed by atoms with Crippen molar-refractivity contribution in [2.75, 3.05) is 31.1 Å². The Bertz CT molecular complexity index is 874. The molecule has 2 N–H and O–H groups in total. The van der Waals surface area contributed by atoms with Crippen LogP contribution in [0.4, 0.5) is 5.95 Å². The lowest BCUT2D eigenvalue weighted by molar-refractivity contribution is 0.239. The van der Waals surface area contributed by atoms with Crippen LogP contribution in [0.15, 0.2) is 23.0 Å². The van der Waals surface area contributed by atoms with Crippen molar-refractivity contribution >= 4 is 5.95 Å². The van der Waals surface area contributed by atoms with E-state index in [0.29, 0.717) is 31.3 Å². The minimum absolute atomic E-state index is 0.00446. The molecule has 0 bridgehead atoms. The Morgan fingerprint density at radius 1 is 1.26 bits per heavy atom. The molecule has 2 aromatic rings. The van der Waals surface area contributed by atoms with Gasteiger partial charge in [-0.3, -0.25) is 14.7 Å². The maximum absolute atomic E-state index is 12.5. The van der Waals surface area contributed by atoms with Gasteiger partial charge in [-0.25, -0.2) is 4.98 Å². The Labute approximate surface area is 158 Å². The van der Waals surface area contributed by atoms with Crippen molar-refractivity contribution < 1.29 is 9.84 Å². The van der Waals surface area contributed by atoms with Crippen LogP contribution in [-0.2, 0) is 19.5 Å². The van der Waals surface area contributed by atoms with E-state index in [2.05, 4.69) is 14.8 Å². The highest BCUT2D eigenvalue weighted by atomic mass is 16.5. The smallest absolute Gasteiger partial charge is 0.255 e. The molecule has 2 aliphatic heterocycles. The Balaban J connectivity index is 1.52. The zero-order valence-electron chi connectivity index (χ0n) is 15.7. The van der Waals surface area contributed by atoms with Crippen LogP contribution in [0.1, 0.15) is 36.6 Å². The van der Waals surface area contributed by atoms with E-state index in [4.69, 9.17) is 9.72 Å². The Hall–Kier alpha value is -2.54. The van der Waals surface area contributed by atoms with Crippen molar-refractivity contribution in [1.82, 2.24) is 14.9 Å². The van der Waals surface area contributed by atoms with Gasteiger partial charge in [0.15, 0.2) is 11.5 Å². The highest BCUT2D eigenvalue weighted by Crippen LogP contribution is 2.28. The topological polar surface area (TPSA) is 81.7 Å². The molecule has 144 valence electrons. The second kappa shape index (κ2) is 7.60. The Kier molecular flexibility index (Phi) is 5.03. The van der Waals surface area contributed by atoms with E-state index in [1.807, 2.05) is 19.1 Å². The standard InChI is InChI=1S/C20H26N4O3/c1-2-27-18-11-14(5-6-17(18)25)12-23-10-7-15-16(13-23)21-20(22-19(15)26)24-8-3-4-9-24/h5-6,11,25H,2-4,7-10,12-13H2,1H3,(H,21,22,26). The van der Waals surface area contributed by atoms with Crippen LogP contribution in [0.5, 0.6) is 11.5 Å². The van der Waals surface area contributed by atoms with E-state index < -0.39 is 0 Å². The predicted octanol–water partition coefficient (Wildman–Crippen LogP) is 2.03. The van der Waals surface area contributed by atoms with Crippen molar-refractivity contribution in [3.8, 4) is 11.5 Å². The molecule has 0 spiro atoms. The molecule has 0 unspecified atom stereocenters. The molecule has 1 aromatic heterocycles. The summed E-state index contributed by atoms with van der Waals surface area (Å²) in [7, 11) is 0. The number of aromatic amines is 1. The fourth-order valence-electron chi connectivity index (χ4n) is 3.88. The van der Waals surface area contributed by atoms with Gasteiger partial charge < -0.3 is 14.7 Å². The van der Waals surface area contributed by atoms with E-state index in [9.17, 15) is 9.90 Å². The van der Waals surface area contributed by atoms with Crippen molar-refractivity contribution in [3.05, 3.63) is 45.4 Å². The molecule has 7 heteroatoms. The van der Waals surface area contributed by atoms with Crippen molar-refractivity contribution in [2.24, 2.45) is 0 Å². The Morgan fingerprint density at radius 3 is 2.85 bits per heavy atom. The lowest BCUT2D eigenvalue weighted by Gasteiger charge is -2.28. The van der Waals surface area contributed by atoms with E-state index in [-0.39, 0.29) is 11.3 Å². The average Bonchev–Trinajstić information content (AvgIpc) is 3.19. The van der Waals surface area contributed by atoms with Crippen LogP contribution in [0.3, 0.4) is 0 Å². The molecular weight excluding hydrogens is 344 g/mol. The number of hydrogen-bond acceptors (Lipinski definition) is 6. The number of fused-ring (bicyclic) bond motifs is 1. The van der Waals surface area contributed by atoms with Gasteiger partial charge in [0.05, 0.1) is 12.3 Å². The summed E-state index contributed by atoms with van der Waals surface area (Å²) in [6, 6.07) is 5.47. The first kappa shape index (κ1) is 17.9. The monoisotopic (exact) mass is 370 g/mol. The van der Waals surface area contributed by atoms with Gasteiger partial charge in [-0.2, -0.15) is 0 Å². The van der Waals surface area contributed by atoms with Gasteiger partial charge in [0.1, 0.15) is 0 Å². The van der Waals surface area contributed by atoms with Crippen molar-refractivity contribution in [3.63, 3.8) is 0 Å². The quantitative estimate of drug-likeness (QED) is 0.838. The molecule has 0 radical (unpaired) electrons. The first-order valence-electron chi connectivity index (χ1n) is 9.68. The van der Waals surface area contributed by atoms with Gasteiger partial charge in [0.25, 0.3) is 5.56 Å². The third-order valence-electron chi connectivity index (χ3n) is 5.28. The summed E-state index contributed by atoms with van der Waals surface area (Å²) in [5, 5.41) is 9.88. The second-order valence-electron chi connectivity index (χ2n) is 7.20. The highest BCUT2D eigenvalue weighted by Gasteiger charge is 2.23. The van der Waals surface area contributed by atoms with E-state index in [1.54, 1.807) is 6.07 Å². The third-order valence-corrected chi connectivity index (χ3v) is 5.28. The van der Waals surface area contributed by atoms with Crippen LogP contribution in [0.2, 0.25) is 0 Å². The van der Waals surface area contributed by atoms with Gasteiger partial charge >= 0.3 is 0 Å². The largest absolute Gasteiger partial charge is 0.504 e. The lowest BCUT2D eigenvalue weighted by atomic mass is 10.1. The van der Waals surface area contributed by atoms with Gasteiger partial charge in [-0.05, 0) is 43.9 Å². The zero-order chi connectivity index (χ0) is 18.8. The molecule has 0 atom stereocenters. The van der Waals surface area contributed by atoms with Gasteiger partial charge in [0, 0.05) is 38.3 Å². The second-order valence-corrected chi connectivity index (χ2v) is 7.20. The first-order valence-corrected chi connectivity index (χ1v) is 9.68. The molecule has 7 nitrogen and oxygen atoms in total. The average molecular weight is 370 g/mol. The number of nitrogens with zero attached hydrogens (tertiary/aromatic N) is 3. The van der Waals surface area contributed by atoms with E-state index in [0.717, 1.165) is 55.8 Å². The summed E-state index contributed by atoms with van der Waals surface area (Å²) in [5.74, 6) is 1.38. The molecular formula is C20H26N4O3. The summed E-state index contributed by atoms with van der Waals surface area (Å²) < 4.78 is 5.48. The summed E-state index contributed by atoms with van der Waals surface area (Å²) in [6.45, 7) is 6.52. The SMILES string of the molecule is CCOc1cc(CN2CCc3c(nc(N4CCCC4)[nH]c3=O)C2)ccc1O. The number of H-pyrrole nitrogens is 1.